The molecule has 1 N–H and O–H groups in total. The molecule has 11 heteroatoms. The summed E-state index contributed by atoms with van der Waals surface area (Å²) in [5.74, 6) is -0.110. The van der Waals surface area contributed by atoms with E-state index in [0.717, 1.165) is 45.5 Å². The molecule has 4 aliphatic rings. The van der Waals surface area contributed by atoms with Crippen LogP contribution in [0.1, 0.15) is 34.4 Å². The zero-order valence-electron chi connectivity index (χ0n) is 25.9. The Morgan fingerprint density at radius 1 is 1.07 bits per heavy atom. The normalized spacial score (nSPS) is 25.1. The van der Waals surface area contributed by atoms with Crippen molar-refractivity contribution < 1.29 is 27.9 Å². The summed E-state index contributed by atoms with van der Waals surface area (Å²) < 4.78 is 44.1. The smallest absolute Gasteiger partial charge is 0.221 e. The number of aliphatic hydroxyl groups is 1. The van der Waals surface area contributed by atoms with E-state index in [2.05, 4.69) is 52.1 Å². The molecular weight excluding hydrogens is 606 g/mol. The molecular formula is C35H34F2N4O4Si. The second-order valence-corrected chi connectivity index (χ2v) is 17.1. The van der Waals surface area contributed by atoms with E-state index in [1.54, 1.807) is 0 Å². The monoisotopic (exact) mass is 640 g/mol. The molecule has 0 bridgehead atoms. The molecule has 0 saturated carbocycles. The van der Waals surface area contributed by atoms with Gasteiger partial charge < -0.3 is 28.6 Å². The minimum Gasteiger partial charge on any atom is -0.492 e. The van der Waals surface area contributed by atoms with Crippen LogP contribution in [-0.4, -0.2) is 60.1 Å². The first-order valence-corrected chi connectivity index (χ1v) is 18.3. The van der Waals surface area contributed by atoms with Crippen LogP contribution in [0.2, 0.25) is 13.1 Å². The maximum Gasteiger partial charge on any atom is 0.221 e. The Balaban J connectivity index is 1.32. The van der Waals surface area contributed by atoms with Crippen molar-refractivity contribution in [2.75, 3.05) is 26.4 Å². The van der Waals surface area contributed by atoms with Crippen molar-refractivity contribution in [3.8, 4) is 11.4 Å². The Bertz CT molecular complexity index is 1940. The van der Waals surface area contributed by atoms with E-state index < -0.39 is 37.5 Å². The summed E-state index contributed by atoms with van der Waals surface area (Å²) in [6.07, 6.45) is 6.58. The summed E-state index contributed by atoms with van der Waals surface area (Å²) in [6, 6.07) is 15.6. The van der Waals surface area contributed by atoms with Gasteiger partial charge in [0.15, 0.2) is 5.84 Å². The first-order chi connectivity index (χ1) is 22.1. The number of hydrogen-bond acceptors (Lipinski definition) is 7. The summed E-state index contributed by atoms with van der Waals surface area (Å²) in [4.78, 5) is 12.2. The number of oxime groups is 1. The highest BCUT2D eigenvalue weighted by molar-refractivity contribution is 6.86. The Morgan fingerprint density at radius 2 is 1.87 bits per heavy atom. The lowest BCUT2D eigenvalue weighted by atomic mass is 9.71. The molecule has 2 unspecified atom stereocenters. The summed E-state index contributed by atoms with van der Waals surface area (Å²) >= 11 is 0. The van der Waals surface area contributed by atoms with Crippen molar-refractivity contribution in [1.82, 2.24) is 14.5 Å². The third kappa shape index (κ3) is 4.36. The maximum absolute atomic E-state index is 14.7. The van der Waals surface area contributed by atoms with E-state index in [1.807, 2.05) is 42.5 Å². The molecule has 5 heterocycles. The van der Waals surface area contributed by atoms with Crippen molar-refractivity contribution in [2.24, 2.45) is 5.16 Å². The number of para-hydroxylation sites is 1. The first kappa shape index (κ1) is 29.1. The number of nitrogens with zero attached hydrogens (tertiary/aromatic N) is 4. The highest BCUT2D eigenvalue weighted by Gasteiger charge is 2.55. The Kier molecular flexibility index (Phi) is 6.55. The third-order valence-corrected chi connectivity index (χ3v) is 12.6. The van der Waals surface area contributed by atoms with Crippen LogP contribution in [0.4, 0.5) is 8.78 Å². The van der Waals surface area contributed by atoms with Gasteiger partial charge in [0.05, 0.1) is 30.7 Å². The van der Waals surface area contributed by atoms with Gasteiger partial charge in [0.2, 0.25) is 8.32 Å². The Morgan fingerprint density at radius 3 is 2.63 bits per heavy atom. The fourth-order valence-corrected chi connectivity index (χ4v) is 10.1. The fraction of sp³-hybridized carbons (Fsp3) is 0.314. The average molecular weight is 641 g/mol. The number of aryl methyl sites for hydroxylation is 1. The fourth-order valence-electron chi connectivity index (χ4n) is 7.69. The van der Waals surface area contributed by atoms with Gasteiger partial charge in [0.25, 0.3) is 0 Å². The van der Waals surface area contributed by atoms with Crippen LogP contribution in [0.15, 0.2) is 77.9 Å². The lowest BCUT2D eigenvalue weighted by molar-refractivity contribution is -0.0483. The minimum absolute atomic E-state index is 0.0796. The van der Waals surface area contributed by atoms with Gasteiger partial charge in [-0.1, -0.05) is 29.4 Å². The molecule has 8 nitrogen and oxygen atoms in total. The van der Waals surface area contributed by atoms with E-state index >= 15 is 0 Å². The van der Waals surface area contributed by atoms with E-state index in [9.17, 15) is 13.9 Å². The number of piperidine rings is 1. The van der Waals surface area contributed by atoms with Crippen LogP contribution in [0.25, 0.3) is 11.8 Å². The van der Waals surface area contributed by atoms with Crippen molar-refractivity contribution in [1.29, 1.82) is 0 Å². The molecule has 236 valence electrons. The molecule has 0 aliphatic carbocycles. The topological polar surface area (TPSA) is 81.3 Å². The van der Waals surface area contributed by atoms with Crippen molar-refractivity contribution in [3.05, 3.63) is 112 Å². The zero-order chi connectivity index (χ0) is 31.8. The van der Waals surface area contributed by atoms with Crippen LogP contribution >= 0.6 is 0 Å². The standard InChI is InChI=1S/C35H34F2N4O4Si/c1-22-15-40(21-38-22)30-9-8-23(28-16-45-46(2,3)32(28)30)10-24-14-34(19-43-31-7-5-4-6-29(31)34)17-41-33(24)39-44-20-35(41,18-42)25-11-26(36)13-27(37)12-25/h4-13,15,21,42H,14,16-20H2,1-3H3/b24-10+. The molecule has 8 rings (SSSR count). The Labute approximate surface area is 266 Å². The molecule has 0 amide bonds. The molecule has 1 aromatic heterocycles. The lowest BCUT2D eigenvalue weighted by Gasteiger charge is -2.52. The maximum atomic E-state index is 14.7. The zero-order valence-corrected chi connectivity index (χ0v) is 26.9. The van der Waals surface area contributed by atoms with Gasteiger partial charge in [-0.15, -0.1) is 0 Å². The van der Waals surface area contributed by atoms with Crippen molar-refractivity contribution >= 4 is 25.4 Å². The summed E-state index contributed by atoms with van der Waals surface area (Å²) in [5, 5.41) is 16.8. The SMILES string of the molecule is Cc1cn(-c2ccc(/C=C3\CC4(COc5ccccc54)CN4C3=NOCC4(CO)c3cc(F)cc(F)c3)c3c2[Si](C)(C)OC3)cn1. The molecule has 2 atom stereocenters. The van der Waals surface area contributed by atoms with Crippen LogP contribution in [0, 0.1) is 18.6 Å². The Hall–Kier alpha value is -4.32. The predicted molar refractivity (Wildman–Crippen MR) is 172 cm³/mol. The number of halogens is 2. The number of fused-ring (bicyclic) bond motifs is 4. The summed E-state index contributed by atoms with van der Waals surface area (Å²) in [5.41, 5.74) is 4.55. The molecule has 0 radical (unpaired) electrons. The van der Waals surface area contributed by atoms with Gasteiger partial charge in [-0.3, -0.25) is 0 Å². The second-order valence-electron chi connectivity index (χ2n) is 13.3. The number of aliphatic hydroxyl groups excluding tert-OH is 1. The molecule has 1 saturated heterocycles. The second kappa shape index (κ2) is 10.3. The molecule has 46 heavy (non-hydrogen) atoms. The number of aromatic nitrogens is 2. The largest absolute Gasteiger partial charge is 0.492 e. The molecule has 1 fully saturated rings. The predicted octanol–water partition coefficient (Wildman–Crippen LogP) is 5.05. The van der Waals surface area contributed by atoms with Crippen LogP contribution in [0.3, 0.4) is 0 Å². The number of rotatable bonds is 4. The third-order valence-electron chi connectivity index (χ3n) is 9.95. The first-order valence-electron chi connectivity index (χ1n) is 15.4. The highest BCUT2D eigenvalue weighted by Crippen LogP contribution is 2.50. The molecule has 1 spiro atoms. The van der Waals surface area contributed by atoms with Gasteiger partial charge in [0.1, 0.15) is 36.1 Å². The number of benzene rings is 3. The lowest BCUT2D eigenvalue weighted by Crippen LogP contribution is -2.63. The number of hydrogen-bond donors (Lipinski definition) is 1. The van der Waals surface area contributed by atoms with Crippen LogP contribution in [-0.2, 0) is 26.8 Å². The average Bonchev–Trinajstić information content (AvgIpc) is 3.72. The molecule has 4 aliphatic heterocycles. The van der Waals surface area contributed by atoms with Crippen LogP contribution < -0.4 is 9.92 Å². The number of amidine groups is 1. The number of ether oxygens (including phenoxy) is 1. The van der Waals surface area contributed by atoms with E-state index in [0.29, 0.717) is 32.0 Å². The van der Waals surface area contributed by atoms with Gasteiger partial charge in [-0.25, -0.2) is 13.8 Å². The highest BCUT2D eigenvalue weighted by atomic mass is 28.4. The van der Waals surface area contributed by atoms with Crippen molar-refractivity contribution in [2.45, 2.75) is 44.0 Å². The summed E-state index contributed by atoms with van der Waals surface area (Å²) in [6.45, 7) is 7.17. The van der Waals surface area contributed by atoms with E-state index in [4.69, 9.17) is 14.0 Å². The van der Waals surface area contributed by atoms with E-state index in [-0.39, 0.29) is 12.2 Å². The van der Waals surface area contributed by atoms with Gasteiger partial charge in [-0.2, -0.15) is 0 Å². The number of imidazole rings is 1. The van der Waals surface area contributed by atoms with E-state index in [1.165, 1.54) is 17.3 Å². The quantitative estimate of drug-likeness (QED) is 0.315. The van der Waals surface area contributed by atoms with Gasteiger partial charge in [-0.05, 0) is 84.2 Å². The molecule has 3 aromatic carbocycles. The van der Waals surface area contributed by atoms with Gasteiger partial charge in [0, 0.05) is 30.1 Å². The summed E-state index contributed by atoms with van der Waals surface area (Å²) in [7, 11) is -2.24. The molecule has 4 aromatic rings. The van der Waals surface area contributed by atoms with Crippen molar-refractivity contribution in [3.63, 3.8) is 0 Å². The van der Waals surface area contributed by atoms with Crippen LogP contribution in [0.5, 0.6) is 5.75 Å². The minimum atomic E-state index is -2.24. The van der Waals surface area contributed by atoms with Gasteiger partial charge >= 0.3 is 0 Å².